The van der Waals surface area contributed by atoms with Crippen molar-refractivity contribution in [1.82, 2.24) is 0 Å². The molecule has 7 heteroatoms. The molecule has 0 radical (unpaired) electrons. The van der Waals surface area contributed by atoms with Gasteiger partial charge in [-0.25, -0.2) is 13.6 Å². The van der Waals surface area contributed by atoms with E-state index in [0.29, 0.717) is 17.1 Å². The maximum absolute atomic E-state index is 11.3. The molecule has 1 aliphatic rings. The molecule has 1 aliphatic heterocycles. The third-order valence-corrected chi connectivity index (χ3v) is 4.40. The number of nitrogens with two attached hydrogens (primary N) is 1. The molecule has 0 aromatic heterocycles. The maximum atomic E-state index is 11.3. The summed E-state index contributed by atoms with van der Waals surface area (Å²) in [6, 6.07) is 10.8. The lowest BCUT2D eigenvalue weighted by Crippen LogP contribution is -2.18. The van der Waals surface area contributed by atoms with Crippen molar-refractivity contribution in [2.75, 3.05) is 14.2 Å². The number of ether oxygens (including phenoxy) is 3. The first-order valence-electron chi connectivity index (χ1n) is 6.93. The van der Waals surface area contributed by atoms with E-state index < -0.39 is 16.3 Å². The van der Waals surface area contributed by atoms with E-state index in [2.05, 4.69) is 0 Å². The van der Waals surface area contributed by atoms with E-state index in [4.69, 9.17) is 19.3 Å². The summed E-state index contributed by atoms with van der Waals surface area (Å²) in [7, 11) is -0.484. The monoisotopic (exact) mass is 335 g/mol. The minimum Gasteiger partial charge on any atom is -0.496 e. The first-order chi connectivity index (χ1) is 10.9. The minimum atomic E-state index is -3.61. The molecule has 0 saturated carbocycles. The minimum absolute atomic E-state index is 0.241. The van der Waals surface area contributed by atoms with Gasteiger partial charge in [-0.3, -0.25) is 0 Å². The van der Waals surface area contributed by atoms with Gasteiger partial charge in [-0.15, -0.1) is 0 Å². The number of rotatable bonds is 4. The summed E-state index contributed by atoms with van der Waals surface area (Å²) in [5.74, 6) is 1.09. The first kappa shape index (κ1) is 15.8. The fourth-order valence-electron chi connectivity index (χ4n) is 2.76. The van der Waals surface area contributed by atoms with Gasteiger partial charge < -0.3 is 14.2 Å². The molecular formula is C16H17NO5S. The van der Waals surface area contributed by atoms with Crippen LogP contribution in [-0.2, 0) is 20.5 Å². The predicted molar refractivity (Wildman–Crippen MR) is 85.6 cm³/mol. The maximum Gasteiger partial charge on any atom is 0.227 e. The van der Waals surface area contributed by atoms with Crippen LogP contribution in [0.2, 0.25) is 0 Å². The molecule has 6 nitrogen and oxygen atoms in total. The average Bonchev–Trinajstić information content (AvgIpc) is 2.51. The SMILES string of the molecule is COc1cccc2c1-c1ccc(CS(N)(=O)=O)cc1C(OC)O2. The van der Waals surface area contributed by atoms with Crippen LogP contribution in [0.1, 0.15) is 17.4 Å². The lowest BCUT2D eigenvalue weighted by atomic mass is 9.94. The molecule has 0 fully saturated rings. The second-order valence-electron chi connectivity index (χ2n) is 5.25. The van der Waals surface area contributed by atoms with Crippen molar-refractivity contribution in [3.63, 3.8) is 0 Å². The van der Waals surface area contributed by atoms with E-state index in [0.717, 1.165) is 16.7 Å². The van der Waals surface area contributed by atoms with E-state index >= 15 is 0 Å². The number of primary sulfonamides is 1. The van der Waals surface area contributed by atoms with Crippen LogP contribution < -0.4 is 14.6 Å². The molecule has 2 aromatic rings. The van der Waals surface area contributed by atoms with E-state index in [9.17, 15) is 8.42 Å². The summed E-state index contributed by atoms with van der Waals surface area (Å²) < 4.78 is 39.3. The molecular weight excluding hydrogens is 318 g/mol. The van der Waals surface area contributed by atoms with E-state index in [-0.39, 0.29) is 5.75 Å². The van der Waals surface area contributed by atoms with Crippen LogP contribution >= 0.6 is 0 Å². The fourth-order valence-corrected chi connectivity index (χ4v) is 3.40. The standard InChI is InChI=1S/C16H17NO5S/c1-20-13-4-3-5-14-15(13)11-7-6-10(9-23(17,18)19)8-12(11)16(21-2)22-14/h3-8,16H,9H2,1-2H3,(H2,17,18,19). The Bertz CT molecular complexity index is 848. The molecule has 2 aromatic carbocycles. The molecule has 0 bridgehead atoms. The van der Waals surface area contributed by atoms with Crippen molar-refractivity contribution in [2.45, 2.75) is 12.0 Å². The molecule has 1 unspecified atom stereocenters. The molecule has 122 valence electrons. The largest absolute Gasteiger partial charge is 0.496 e. The summed E-state index contributed by atoms with van der Waals surface area (Å²) in [4.78, 5) is 0. The van der Waals surface area contributed by atoms with Crippen molar-refractivity contribution in [2.24, 2.45) is 5.14 Å². The van der Waals surface area contributed by atoms with Gasteiger partial charge in [0.1, 0.15) is 11.5 Å². The van der Waals surface area contributed by atoms with Gasteiger partial charge in [0.2, 0.25) is 16.3 Å². The van der Waals surface area contributed by atoms with Gasteiger partial charge in [0.25, 0.3) is 0 Å². The second-order valence-corrected chi connectivity index (χ2v) is 6.86. The molecule has 0 saturated heterocycles. The number of sulfonamides is 1. The van der Waals surface area contributed by atoms with Crippen LogP contribution in [0.15, 0.2) is 36.4 Å². The summed E-state index contributed by atoms with van der Waals surface area (Å²) >= 11 is 0. The fraction of sp³-hybridized carbons (Fsp3) is 0.250. The van der Waals surface area contributed by atoms with Crippen molar-refractivity contribution in [3.05, 3.63) is 47.5 Å². The topological polar surface area (TPSA) is 87.9 Å². The normalized spacial score (nSPS) is 16.2. The van der Waals surface area contributed by atoms with Crippen molar-refractivity contribution >= 4 is 10.0 Å². The van der Waals surface area contributed by atoms with Crippen molar-refractivity contribution in [3.8, 4) is 22.6 Å². The van der Waals surface area contributed by atoms with Crippen LogP contribution in [0.25, 0.3) is 11.1 Å². The number of benzene rings is 2. The van der Waals surface area contributed by atoms with Crippen molar-refractivity contribution in [1.29, 1.82) is 0 Å². The summed E-state index contributed by atoms with van der Waals surface area (Å²) in [5, 5.41) is 5.12. The Morgan fingerprint density at radius 2 is 2.00 bits per heavy atom. The van der Waals surface area contributed by atoms with Gasteiger partial charge in [0.05, 0.1) is 18.4 Å². The number of hydrogen-bond acceptors (Lipinski definition) is 5. The molecule has 1 heterocycles. The average molecular weight is 335 g/mol. The molecule has 23 heavy (non-hydrogen) atoms. The third kappa shape index (κ3) is 3.03. The van der Waals surface area contributed by atoms with Gasteiger partial charge in [-0.2, -0.15) is 0 Å². The van der Waals surface area contributed by atoms with E-state index in [1.54, 1.807) is 19.2 Å². The summed E-state index contributed by atoms with van der Waals surface area (Å²) in [5.41, 5.74) is 3.02. The zero-order valence-corrected chi connectivity index (χ0v) is 13.6. The highest BCUT2D eigenvalue weighted by atomic mass is 32.2. The number of methoxy groups -OCH3 is 2. The smallest absolute Gasteiger partial charge is 0.227 e. The van der Waals surface area contributed by atoms with Crippen LogP contribution in [-0.4, -0.2) is 22.6 Å². The zero-order chi connectivity index (χ0) is 16.6. The summed E-state index contributed by atoms with van der Waals surface area (Å²) in [6.45, 7) is 0. The van der Waals surface area contributed by atoms with E-state index in [1.165, 1.54) is 7.11 Å². The molecule has 0 spiro atoms. The zero-order valence-electron chi connectivity index (χ0n) is 12.8. The Kier molecular flexibility index (Phi) is 4.01. The summed E-state index contributed by atoms with van der Waals surface area (Å²) in [6.07, 6.45) is -0.620. The lowest BCUT2D eigenvalue weighted by molar-refractivity contribution is -0.0579. The molecule has 0 aliphatic carbocycles. The van der Waals surface area contributed by atoms with Gasteiger partial charge in [-0.1, -0.05) is 18.2 Å². The third-order valence-electron chi connectivity index (χ3n) is 3.66. The second kappa shape index (κ2) is 5.84. The van der Waals surface area contributed by atoms with Gasteiger partial charge in [0.15, 0.2) is 0 Å². The number of fused-ring (bicyclic) bond motifs is 3. The quantitative estimate of drug-likeness (QED) is 0.925. The molecule has 1 atom stereocenters. The van der Waals surface area contributed by atoms with Gasteiger partial charge in [0, 0.05) is 12.7 Å². The highest BCUT2D eigenvalue weighted by Gasteiger charge is 2.28. The lowest BCUT2D eigenvalue weighted by Gasteiger charge is -2.29. The molecule has 2 N–H and O–H groups in total. The Morgan fingerprint density at radius 3 is 2.65 bits per heavy atom. The predicted octanol–water partition coefficient (Wildman–Crippen LogP) is 2.19. The van der Waals surface area contributed by atoms with Crippen molar-refractivity contribution < 1.29 is 22.6 Å². The highest BCUT2D eigenvalue weighted by molar-refractivity contribution is 7.88. The molecule has 3 rings (SSSR count). The Labute approximate surface area is 134 Å². The molecule has 0 amide bonds. The van der Waals surface area contributed by atoms with E-state index in [1.807, 2.05) is 24.3 Å². The van der Waals surface area contributed by atoms with Crippen LogP contribution in [0, 0.1) is 0 Å². The van der Waals surface area contributed by atoms with Crippen LogP contribution in [0.3, 0.4) is 0 Å². The first-order valence-corrected chi connectivity index (χ1v) is 8.64. The van der Waals surface area contributed by atoms with Gasteiger partial charge >= 0.3 is 0 Å². The Balaban J connectivity index is 2.17. The number of hydrogen-bond donors (Lipinski definition) is 1. The van der Waals surface area contributed by atoms with Gasteiger partial charge in [-0.05, 0) is 29.3 Å². The van der Waals surface area contributed by atoms with Crippen LogP contribution in [0.5, 0.6) is 11.5 Å². The van der Waals surface area contributed by atoms with Crippen LogP contribution in [0.4, 0.5) is 0 Å². The highest BCUT2D eigenvalue weighted by Crippen LogP contribution is 2.47. The Hall–Kier alpha value is -2.09. The Morgan fingerprint density at radius 1 is 1.22 bits per heavy atom.